The molecule has 2 aliphatic heterocycles. The van der Waals surface area contributed by atoms with E-state index in [0.717, 1.165) is 40.4 Å². The fraction of sp³-hybridized carbons (Fsp3) is 0.769. The summed E-state index contributed by atoms with van der Waals surface area (Å²) in [5.74, 6) is -2.68. The lowest BCUT2D eigenvalue weighted by atomic mass is 9.95. The molecule has 18 heteroatoms. The number of thioether (sulfide) groups is 2. The second-order valence-corrected chi connectivity index (χ2v) is 16.1. The number of halogens is 1. The zero-order chi connectivity index (χ0) is 33.1. The monoisotopic (exact) mass is 686 g/mol. The summed E-state index contributed by atoms with van der Waals surface area (Å²) in [7, 11) is -3.26. The summed E-state index contributed by atoms with van der Waals surface area (Å²) >= 11 is 1.93. The number of rotatable bonds is 13. The van der Waals surface area contributed by atoms with E-state index in [4.69, 9.17) is 32.5 Å². The summed E-state index contributed by atoms with van der Waals surface area (Å²) < 4.78 is 69.5. The minimum Gasteiger partial charge on any atom is -0.333 e. The molecule has 0 aromatic carbocycles. The lowest BCUT2D eigenvalue weighted by Crippen LogP contribution is -2.48. The number of carbonyl (C=O) groups excluding carboxylic acids is 2. The van der Waals surface area contributed by atoms with Gasteiger partial charge in [-0.15, -0.1) is 0 Å². The molecule has 3 rings (SSSR count). The molecule has 0 spiro atoms. The number of alkyl halides is 1. The fourth-order valence-electron chi connectivity index (χ4n) is 4.06. The Bertz CT molecular complexity index is 1320. The van der Waals surface area contributed by atoms with Crippen LogP contribution in [0.1, 0.15) is 54.7 Å². The maximum absolute atomic E-state index is 16.6. The number of phosphoric ester groups is 1. The van der Waals surface area contributed by atoms with Crippen molar-refractivity contribution in [3.8, 4) is 0 Å². The molecule has 0 aliphatic carbocycles. The number of ether oxygens (including phenoxy) is 4. The molecule has 2 fully saturated rings. The molecule has 1 aromatic heterocycles. The first kappa shape index (κ1) is 37.1. The minimum atomic E-state index is -4.52. The van der Waals surface area contributed by atoms with Crippen LogP contribution in [0.4, 0.5) is 4.39 Å². The van der Waals surface area contributed by atoms with E-state index < -0.39 is 66.8 Å². The third-order valence-corrected chi connectivity index (χ3v) is 10.3. The van der Waals surface area contributed by atoms with E-state index in [-0.39, 0.29) is 35.0 Å². The highest BCUT2D eigenvalue weighted by Crippen LogP contribution is 2.56. The van der Waals surface area contributed by atoms with E-state index in [9.17, 15) is 23.7 Å². The van der Waals surface area contributed by atoms with Gasteiger partial charge in [-0.1, -0.05) is 65.1 Å². The maximum Gasteiger partial charge on any atom is 0.475 e. The molecule has 44 heavy (non-hydrogen) atoms. The quantitative estimate of drug-likeness (QED) is 0.236. The van der Waals surface area contributed by atoms with Gasteiger partial charge in [-0.3, -0.25) is 37.5 Å². The topological polar surface area (TPSA) is 171 Å². The van der Waals surface area contributed by atoms with Crippen LogP contribution in [0.5, 0.6) is 0 Å². The largest absolute Gasteiger partial charge is 0.475 e. The van der Waals surface area contributed by atoms with Gasteiger partial charge in [0.2, 0.25) is 0 Å². The number of fused-ring (bicyclic) bond motifs is 1. The van der Waals surface area contributed by atoms with Crippen LogP contribution in [0.2, 0.25) is 0 Å². The summed E-state index contributed by atoms with van der Waals surface area (Å²) in [6, 6.07) is 1.04. The minimum absolute atomic E-state index is 0.103. The van der Waals surface area contributed by atoms with Crippen LogP contribution in [0.25, 0.3) is 0 Å². The zero-order valence-electron chi connectivity index (χ0n) is 25.9. The van der Waals surface area contributed by atoms with Crippen LogP contribution in [0.3, 0.4) is 0 Å². The molecule has 14 nitrogen and oxygen atoms in total. The van der Waals surface area contributed by atoms with Crippen molar-refractivity contribution in [2.75, 3.05) is 38.4 Å². The van der Waals surface area contributed by atoms with Crippen molar-refractivity contribution in [2.24, 2.45) is 10.8 Å². The van der Waals surface area contributed by atoms with Crippen molar-refractivity contribution in [3.63, 3.8) is 0 Å². The molecule has 5 atom stereocenters. The molecule has 2 aliphatic rings. The second kappa shape index (κ2) is 14.2. The van der Waals surface area contributed by atoms with E-state index in [0.29, 0.717) is 0 Å². The predicted octanol–water partition coefficient (Wildman–Crippen LogP) is 3.61. The number of hydrogen-bond donors (Lipinski definition) is 1. The lowest BCUT2D eigenvalue weighted by molar-refractivity contribution is -0.300. The van der Waals surface area contributed by atoms with Gasteiger partial charge in [-0.05, 0) is 6.92 Å². The number of hydrogen-bond acceptors (Lipinski definition) is 14. The van der Waals surface area contributed by atoms with Gasteiger partial charge in [0, 0.05) is 41.7 Å². The molecule has 0 radical (unpaired) electrons. The first-order valence-electron chi connectivity index (χ1n) is 13.7. The Morgan fingerprint density at radius 1 is 1.02 bits per heavy atom. The van der Waals surface area contributed by atoms with Gasteiger partial charge in [0.1, 0.15) is 12.2 Å². The van der Waals surface area contributed by atoms with Gasteiger partial charge < -0.3 is 18.9 Å². The number of methoxy groups -OCH3 is 1. The Balaban J connectivity index is 1.78. The van der Waals surface area contributed by atoms with Crippen molar-refractivity contribution in [1.82, 2.24) is 9.55 Å². The first-order chi connectivity index (χ1) is 20.2. The summed E-state index contributed by atoms with van der Waals surface area (Å²) in [6.07, 6.45) is -1.95. The van der Waals surface area contributed by atoms with Gasteiger partial charge in [0.05, 0.1) is 13.2 Å². The molecule has 250 valence electrons. The highest BCUT2D eigenvalue weighted by molar-refractivity contribution is 8.14. The van der Waals surface area contributed by atoms with Crippen LogP contribution in [-0.2, 0) is 46.7 Å². The number of nitrogens with zero attached hydrogens (tertiary/aromatic N) is 1. The Morgan fingerprint density at radius 2 is 1.57 bits per heavy atom. The smallest absolute Gasteiger partial charge is 0.333 e. The van der Waals surface area contributed by atoms with Crippen LogP contribution in [-0.4, -0.2) is 82.3 Å². The van der Waals surface area contributed by atoms with Gasteiger partial charge in [0.25, 0.3) is 17.9 Å². The summed E-state index contributed by atoms with van der Waals surface area (Å²) in [5.41, 5.74) is -4.49. The van der Waals surface area contributed by atoms with E-state index in [2.05, 4.69) is 4.98 Å². The molecule has 2 saturated heterocycles. The Morgan fingerprint density at radius 3 is 2.05 bits per heavy atom. The second-order valence-electron chi connectivity index (χ2n) is 12.3. The average molecular weight is 687 g/mol. The van der Waals surface area contributed by atoms with Gasteiger partial charge in [0.15, 0.2) is 22.6 Å². The third-order valence-electron chi connectivity index (χ3n) is 6.38. The van der Waals surface area contributed by atoms with Crippen LogP contribution in [0, 0.1) is 10.8 Å². The molecule has 1 N–H and O–H groups in total. The van der Waals surface area contributed by atoms with Crippen molar-refractivity contribution < 1.29 is 51.1 Å². The number of aromatic nitrogens is 2. The third kappa shape index (κ3) is 8.90. The average Bonchev–Trinajstić information content (AvgIpc) is 3.38. The molecule has 0 saturated carbocycles. The Kier molecular flexibility index (Phi) is 11.9. The number of aromatic amines is 1. The first-order valence-corrected chi connectivity index (χ1v) is 17.1. The maximum atomic E-state index is 16.6. The van der Waals surface area contributed by atoms with Gasteiger partial charge >= 0.3 is 13.5 Å². The normalized spacial score (nSPS) is 27.4. The molecule has 0 bridgehead atoms. The van der Waals surface area contributed by atoms with Gasteiger partial charge in [-0.25, -0.2) is 13.8 Å². The van der Waals surface area contributed by atoms with E-state index in [1.165, 1.54) is 14.0 Å². The number of nitrogens with one attached hydrogen (secondary N) is 1. The molecule has 0 amide bonds. The van der Waals surface area contributed by atoms with E-state index >= 15 is 4.39 Å². The van der Waals surface area contributed by atoms with Crippen molar-refractivity contribution >= 4 is 41.6 Å². The van der Waals surface area contributed by atoms with E-state index in [1.54, 1.807) is 41.5 Å². The summed E-state index contributed by atoms with van der Waals surface area (Å²) in [5, 5.41) is -0.239. The molecular formula is C26H40FN2O12PS2. The fourth-order valence-corrected chi connectivity index (χ4v) is 7.07. The van der Waals surface area contributed by atoms with Crippen LogP contribution < -0.4 is 11.2 Å². The molecule has 1 unspecified atom stereocenters. The van der Waals surface area contributed by atoms with Crippen molar-refractivity contribution in [1.29, 1.82) is 0 Å². The standard InChI is InChI=1S/C26H40FN2O12PS2/c1-23(2,3)19(31)43-13-11-36-42(34,37-12-14-44-20(32)24(4,5)6)38-15-26(27)17-25(7,41-22(35-8)39-17)18(40-26)29-10-9-16(30)28-21(29)33/h9-10,17-18,22H,11-15H2,1-8H3,(H,28,30,33)/t17-,18+,22?,25+,26+/m0/s1. The number of H-pyrrole nitrogens is 1. The summed E-state index contributed by atoms with van der Waals surface area (Å²) in [6.45, 7) is 9.03. The highest BCUT2D eigenvalue weighted by Gasteiger charge is 2.71. The van der Waals surface area contributed by atoms with Crippen molar-refractivity contribution in [2.45, 2.75) is 78.7 Å². The van der Waals surface area contributed by atoms with Gasteiger partial charge in [-0.2, -0.15) is 0 Å². The highest BCUT2D eigenvalue weighted by atomic mass is 32.2. The van der Waals surface area contributed by atoms with Crippen LogP contribution in [0.15, 0.2) is 21.9 Å². The Labute approximate surface area is 263 Å². The summed E-state index contributed by atoms with van der Waals surface area (Å²) in [4.78, 5) is 50.8. The van der Waals surface area contributed by atoms with Crippen LogP contribution >= 0.6 is 31.3 Å². The van der Waals surface area contributed by atoms with Crippen molar-refractivity contribution in [3.05, 3.63) is 33.1 Å². The number of carbonyl (C=O) groups is 2. The zero-order valence-corrected chi connectivity index (χ0v) is 28.4. The predicted molar refractivity (Wildman–Crippen MR) is 160 cm³/mol. The molecule has 1 aromatic rings. The van der Waals surface area contributed by atoms with E-state index in [1.807, 2.05) is 0 Å². The number of phosphoric acid groups is 1. The SMILES string of the molecule is COC1O[C@H]2[C@@](C)(O1)[C@H](n1ccc(=O)[nH]c1=O)O[C@]2(F)COP(=O)(OCCSC(=O)C(C)(C)C)OCCSC(=O)C(C)(C)C. The Hall–Kier alpha value is -1.40. The molecular weight excluding hydrogens is 646 g/mol. The lowest BCUT2D eigenvalue weighted by Gasteiger charge is -2.27. The molecule has 3 heterocycles.